The number of carbonyl (C=O) groups excluding carboxylic acids is 1. The van der Waals surface area contributed by atoms with Crippen LogP contribution in [0.1, 0.15) is 32.6 Å². The minimum absolute atomic E-state index is 0.0280. The number of nitrogens with zero attached hydrogens (tertiary/aromatic N) is 2. The predicted molar refractivity (Wildman–Crippen MR) is 189 cm³/mol. The molecule has 0 atom stereocenters. The number of hydrogen-bond donors (Lipinski definition) is 1. The molecule has 1 amide bonds. The van der Waals surface area contributed by atoms with Crippen LogP contribution in [0.5, 0.6) is 11.5 Å². The highest BCUT2D eigenvalue weighted by Gasteiger charge is 2.26. The van der Waals surface area contributed by atoms with Gasteiger partial charge in [-0.3, -0.25) is 9.10 Å². The molecule has 0 aliphatic carbocycles. The van der Waals surface area contributed by atoms with E-state index in [-0.39, 0.29) is 11.4 Å². The number of rotatable bonds is 12. The van der Waals surface area contributed by atoms with Gasteiger partial charge in [0.25, 0.3) is 15.9 Å². The van der Waals surface area contributed by atoms with Crippen molar-refractivity contribution >= 4 is 55.4 Å². The highest BCUT2D eigenvalue weighted by atomic mass is 79.9. The largest absolute Gasteiger partial charge is 0.493 e. The Balaban J connectivity index is 1.28. The summed E-state index contributed by atoms with van der Waals surface area (Å²) >= 11 is 9.81. The first-order valence-corrected chi connectivity index (χ1v) is 17.1. The highest BCUT2D eigenvalue weighted by molar-refractivity contribution is 9.10. The van der Waals surface area contributed by atoms with Crippen LogP contribution in [0.15, 0.2) is 130 Å². The minimum atomic E-state index is -3.93. The zero-order valence-corrected chi connectivity index (χ0v) is 28.7. The molecule has 0 heterocycles. The molecule has 240 valence electrons. The van der Waals surface area contributed by atoms with E-state index < -0.39 is 15.9 Å². The van der Waals surface area contributed by atoms with Crippen LogP contribution in [-0.4, -0.2) is 27.6 Å². The number of carbonyl (C=O) groups is 1. The number of hydrazone groups is 1. The summed E-state index contributed by atoms with van der Waals surface area (Å²) in [7, 11) is -2.38. The summed E-state index contributed by atoms with van der Waals surface area (Å²) in [6.07, 6.45) is 1.50. The lowest BCUT2D eigenvalue weighted by Gasteiger charge is -2.26. The van der Waals surface area contributed by atoms with Crippen LogP contribution in [-0.2, 0) is 23.2 Å². The molecule has 0 saturated heterocycles. The van der Waals surface area contributed by atoms with Gasteiger partial charge in [0, 0.05) is 10.6 Å². The molecule has 1 N–H and O–H groups in total. The van der Waals surface area contributed by atoms with Gasteiger partial charge in [-0.05, 0) is 93.6 Å². The number of nitrogens with one attached hydrogen (secondary N) is 1. The van der Waals surface area contributed by atoms with Crippen molar-refractivity contribution in [1.29, 1.82) is 0 Å². The third kappa shape index (κ3) is 8.40. The van der Waals surface area contributed by atoms with Gasteiger partial charge < -0.3 is 9.47 Å². The minimum Gasteiger partial charge on any atom is -0.493 e. The molecule has 5 aromatic carbocycles. The van der Waals surface area contributed by atoms with Crippen LogP contribution in [0.25, 0.3) is 0 Å². The van der Waals surface area contributed by atoms with Crippen molar-refractivity contribution in [3.8, 4) is 11.5 Å². The molecule has 5 aromatic rings. The molecule has 0 spiro atoms. The van der Waals surface area contributed by atoms with Gasteiger partial charge in [-0.15, -0.1) is 0 Å². The first-order chi connectivity index (χ1) is 22.7. The molecule has 0 bridgehead atoms. The smallest absolute Gasteiger partial charge is 0.271 e. The molecule has 0 aromatic heterocycles. The number of sulfonamides is 1. The molecule has 5 rings (SSSR count). The van der Waals surface area contributed by atoms with E-state index in [0.717, 1.165) is 11.1 Å². The van der Waals surface area contributed by atoms with Gasteiger partial charge in [0.15, 0.2) is 11.5 Å². The zero-order chi connectivity index (χ0) is 33.4. The summed E-state index contributed by atoms with van der Waals surface area (Å²) in [5.41, 5.74) is 6.48. The number of benzene rings is 5. The van der Waals surface area contributed by atoms with Crippen LogP contribution < -0.4 is 19.2 Å². The van der Waals surface area contributed by atoms with Crippen molar-refractivity contribution in [3.63, 3.8) is 0 Å². The second kappa shape index (κ2) is 15.3. The number of methoxy groups -OCH3 is 1. The van der Waals surface area contributed by atoms with Crippen molar-refractivity contribution in [1.82, 2.24) is 5.43 Å². The summed E-state index contributed by atoms with van der Waals surface area (Å²) in [6, 6.07) is 33.4. The normalized spacial score (nSPS) is 11.3. The molecular weight excluding hydrogens is 702 g/mol. The summed E-state index contributed by atoms with van der Waals surface area (Å²) in [6.45, 7) is 2.23. The maximum Gasteiger partial charge on any atom is 0.271 e. The number of aryl methyl sites for hydroxylation is 1. The molecule has 0 aliphatic heterocycles. The molecule has 8 nitrogen and oxygen atoms in total. The quantitative estimate of drug-likeness (QED) is 0.103. The Morgan fingerprint density at radius 3 is 2.28 bits per heavy atom. The van der Waals surface area contributed by atoms with Crippen molar-refractivity contribution in [2.24, 2.45) is 5.10 Å². The first-order valence-electron chi connectivity index (χ1n) is 14.5. The third-order valence-electron chi connectivity index (χ3n) is 7.17. The Kier molecular flexibility index (Phi) is 11.0. The maximum atomic E-state index is 13.8. The first kappa shape index (κ1) is 33.7. The maximum absolute atomic E-state index is 13.8. The lowest BCUT2D eigenvalue weighted by atomic mass is 10.1. The Bertz CT molecular complexity index is 1990. The van der Waals surface area contributed by atoms with E-state index in [0.29, 0.717) is 50.0 Å². The van der Waals surface area contributed by atoms with E-state index in [1.807, 2.05) is 43.3 Å². The Morgan fingerprint density at radius 2 is 1.60 bits per heavy atom. The molecule has 11 heteroatoms. The molecule has 47 heavy (non-hydrogen) atoms. The summed E-state index contributed by atoms with van der Waals surface area (Å²) in [5, 5.41) is 4.53. The van der Waals surface area contributed by atoms with E-state index in [2.05, 4.69) is 26.5 Å². The third-order valence-corrected chi connectivity index (χ3v) is 9.77. The Labute approximate surface area is 287 Å². The average molecular weight is 733 g/mol. The fraction of sp³-hybridized carbons (Fsp3) is 0.111. The van der Waals surface area contributed by atoms with Gasteiger partial charge >= 0.3 is 0 Å². The topological polar surface area (TPSA) is 97.3 Å². The van der Waals surface area contributed by atoms with Gasteiger partial charge in [0.05, 0.1) is 34.9 Å². The van der Waals surface area contributed by atoms with Crippen LogP contribution in [0, 0.1) is 6.92 Å². The van der Waals surface area contributed by atoms with E-state index in [1.54, 1.807) is 86.0 Å². The van der Waals surface area contributed by atoms with Crippen LogP contribution in [0.3, 0.4) is 0 Å². The van der Waals surface area contributed by atoms with Crippen molar-refractivity contribution in [3.05, 3.63) is 153 Å². The molecule has 0 unspecified atom stereocenters. The van der Waals surface area contributed by atoms with Crippen LogP contribution in [0.4, 0.5) is 5.69 Å². The fourth-order valence-electron chi connectivity index (χ4n) is 4.71. The molecule has 0 radical (unpaired) electrons. The van der Waals surface area contributed by atoms with E-state index in [9.17, 15) is 13.2 Å². The van der Waals surface area contributed by atoms with Gasteiger partial charge in [0.2, 0.25) is 0 Å². The number of ether oxygens (including phenoxy) is 2. The number of anilines is 1. The Morgan fingerprint density at radius 1 is 0.915 bits per heavy atom. The average Bonchev–Trinajstić information content (AvgIpc) is 3.08. The Hall–Kier alpha value is -4.64. The fourth-order valence-corrected chi connectivity index (χ4v) is 6.98. The van der Waals surface area contributed by atoms with E-state index >= 15 is 0 Å². The second-order valence-electron chi connectivity index (χ2n) is 10.5. The lowest BCUT2D eigenvalue weighted by Crippen LogP contribution is -2.31. The van der Waals surface area contributed by atoms with E-state index in [4.69, 9.17) is 21.1 Å². The van der Waals surface area contributed by atoms with Gasteiger partial charge in [-0.1, -0.05) is 78.3 Å². The highest BCUT2D eigenvalue weighted by Crippen LogP contribution is 2.37. The number of halogens is 2. The van der Waals surface area contributed by atoms with Crippen LogP contribution >= 0.6 is 27.5 Å². The molecule has 0 aliphatic rings. The second-order valence-corrected chi connectivity index (χ2v) is 13.6. The summed E-state index contributed by atoms with van der Waals surface area (Å²) in [5.74, 6) is 0.634. The SMILES string of the molecule is COc1cc(/C=N\NC(=O)c2ccc(CN(c3cc(Cl)ccc3C)S(=O)(=O)c3ccccc3)cc2)cc(Br)c1OCc1ccccc1. The number of hydrogen-bond acceptors (Lipinski definition) is 6. The van der Waals surface area contributed by atoms with Crippen LogP contribution in [0.2, 0.25) is 5.02 Å². The standard InChI is InChI=1S/C36H31BrClN3O5S/c1-25-13-18-30(38)21-33(25)41(47(43,44)31-11-7-4-8-12-31)23-26-14-16-29(17-15-26)36(42)40-39-22-28-19-32(37)35(34(20-28)45-2)46-24-27-9-5-3-6-10-27/h3-22H,23-24H2,1-2H3,(H,40,42)/b39-22-. The molecule has 0 fully saturated rings. The molecular formula is C36H31BrClN3O5S. The van der Waals surface area contributed by atoms with Gasteiger partial charge in [0.1, 0.15) is 6.61 Å². The van der Waals surface area contributed by atoms with E-state index in [1.165, 1.54) is 10.5 Å². The summed E-state index contributed by atoms with van der Waals surface area (Å²) in [4.78, 5) is 13.0. The van der Waals surface area contributed by atoms with Gasteiger partial charge in [-0.25, -0.2) is 13.8 Å². The number of amides is 1. The summed E-state index contributed by atoms with van der Waals surface area (Å²) < 4.78 is 41.0. The van der Waals surface area contributed by atoms with Gasteiger partial charge in [-0.2, -0.15) is 5.10 Å². The zero-order valence-electron chi connectivity index (χ0n) is 25.6. The van der Waals surface area contributed by atoms with Crippen molar-refractivity contribution in [2.45, 2.75) is 25.0 Å². The van der Waals surface area contributed by atoms with Crippen molar-refractivity contribution < 1.29 is 22.7 Å². The molecule has 0 saturated carbocycles. The lowest BCUT2D eigenvalue weighted by molar-refractivity contribution is 0.0955. The predicted octanol–water partition coefficient (Wildman–Crippen LogP) is 8.16. The monoisotopic (exact) mass is 731 g/mol. The van der Waals surface area contributed by atoms with Crippen molar-refractivity contribution in [2.75, 3.05) is 11.4 Å².